The highest BCUT2D eigenvalue weighted by atomic mass is 32.2. The van der Waals surface area contributed by atoms with Crippen molar-refractivity contribution in [1.82, 2.24) is 0 Å². The van der Waals surface area contributed by atoms with E-state index in [0.717, 1.165) is 11.1 Å². The van der Waals surface area contributed by atoms with Crippen LogP contribution in [0.5, 0.6) is 5.75 Å². The lowest BCUT2D eigenvalue weighted by molar-refractivity contribution is -0.139. The largest absolute Gasteiger partial charge is 0.497 e. The van der Waals surface area contributed by atoms with Crippen LogP contribution in [-0.2, 0) is 26.2 Å². The molecule has 0 unspecified atom stereocenters. The molecule has 6 nitrogen and oxygen atoms in total. The van der Waals surface area contributed by atoms with E-state index < -0.39 is 16.0 Å². The fraction of sp³-hybridized carbons (Fsp3) is 0.120. The van der Waals surface area contributed by atoms with Gasteiger partial charge >= 0.3 is 5.97 Å². The Hall–Kier alpha value is -3.71. The predicted octanol–water partition coefficient (Wildman–Crippen LogP) is 4.48. The van der Waals surface area contributed by atoms with Gasteiger partial charge in [0.1, 0.15) is 12.4 Å². The van der Waals surface area contributed by atoms with Gasteiger partial charge in [-0.2, -0.15) is 12.8 Å². The standard InChI is InChI=1S/C25H23NO5S/c1-18-9-15-23(16-10-18)32(28,29)26-24(21-11-13-22(30-3)14-12-21)19(2)25(27)31-17-20-7-5-4-6-8-20/h4-16H,2,17H2,1,3H3/b26-24-. The number of methoxy groups -OCH3 is 1. The predicted molar refractivity (Wildman–Crippen MR) is 123 cm³/mol. The SMILES string of the molecule is C=C(C(=O)OCc1ccccc1)/C(=N/S(=O)(=O)c1ccc(C)cc1)c1ccc(OC)cc1. The Morgan fingerprint density at radius 1 is 0.938 bits per heavy atom. The second-order valence-electron chi connectivity index (χ2n) is 7.00. The second kappa shape index (κ2) is 10.1. The van der Waals surface area contributed by atoms with Crippen LogP contribution in [-0.4, -0.2) is 27.2 Å². The number of nitrogens with zero attached hydrogens (tertiary/aromatic N) is 1. The maximum atomic E-state index is 13.0. The first-order valence-electron chi connectivity index (χ1n) is 9.76. The molecule has 0 fully saturated rings. The zero-order valence-corrected chi connectivity index (χ0v) is 18.6. The number of ether oxygens (including phenoxy) is 2. The van der Waals surface area contributed by atoms with Gasteiger partial charge in [-0.05, 0) is 48.9 Å². The minimum atomic E-state index is -4.10. The van der Waals surface area contributed by atoms with Gasteiger partial charge in [0.05, 0.1) is 23.3 Å². The van der Waals surface area contributed by atoms with Crippen molar-refractivity contribution in [2.75, 3.05) is 7.11 Å². The zero-order chi connectivity index (χ0) is 23.1. The molecule has 32 heavy (non-hydrogen) atoms. The van der Waals surface area contributed by atoms with Crippen LogP contribution in [0.25, 0.3) is 0 Å². The fourth-order valence-corrected chi connectivity index (χ4v) is 3.86. The molecule has 0 amide bonds. The molecule has 3 aromatic rings. The minimum absolute atomic E-state index is 0.0135. The molecule has 0 bridgehead atoms. The molecule has 164 valence electrons. The molecule has 0 radical (unpaired) electrons. The number of aryl methyl sites for hydroxylation is 1. The maximum absolute atomic E-state index is 13.0. The molecular formula is C25H23NO5S. The van der Waals surface area contributed by atoms with E-state index in [1.165, 1.54) is 19.2 Å². The molecule has 0 saturated carbocycles. The summed E-state index contributed by atoms with van der Waals surface area (Å²) < 4.78 is 40.3. The Morgan fingerprint density at radius 2 is 1.56 bits per heavy atom. The van der Waals surface area contributed by atoms with Crippen LogP contribution in [0.4, 0.5) is 0 Å². The Kier molecular flexibility index (Phi) is 7.22. The van der Waals surface area contributed by atoms with E-state index in [-0.39, 0.29) is 22.8 Å². The van der Waals surface area contributed by atoms with Gasteiger partial charge in [-0.15, -0.1) is 0 Å². The van der Waals surface area contributed by atoms with Gasteiger partial charge in [0.15, 0.2) is 0 Å². The quantitative estimate of drug-likeness (QED) is 0.288. The number of hydrogen-bond donors (Lipinski definition) is 0. The number of carbonyl (C=O) groups is 1. The highest BCUT2D eigenvalue weighted by Crippen LogP contribution is 2.20. The van der Waals surface area contributed by atoms with E-state index in [2.05, 4.69) is 11.0 Å². The molecule has 0 atom stereocenters. The Bertz CT molecular complexity index is 1230. The van der Waals surface area contributed by atoms with Crippen LogP contribution in [0, 0.1) is 6.92 Å². The third kappa shape index (κ3) is 5.70. The molecule has 0 N–H and O–H groups in total. The highest BCUT2D eigenvalue weighted by Gasteiger charge is 2.22. The third-order valence-electron chi connectivity index (χ3n) is 4.64. The topological polar surface area (TPSA) is 82.0 Å². The molecule has 0 saturated heterocycles. The average Bonchev–Trinajstić information content (AvgIpc) is 2.81. The van der Waals surface area contributed by atoms with Crippen LogP contribution in [0.2, 0.25) is 0 Å². The third-order valence-corrected chi connectivity index (χ3v) is 5.93. The van der Waals surface area contributed by atoms with Crippen LogP contribution in [0.15, 0.2) is 100 Å². The van der Waals surface area contributed by atoms with Crippen LogP contribution >= 0.6 is 0 Å². The van der Waals surface area contributed by atoms with E-state index in [4.69, 9.17) is 9.47 Å². The van der Waals surface area contributed by atoms with Gasteiger partial charge in [-0.25, -0.2) is 4.79 Å². The summed E-state index contributed by atoms with van der Waals surface area (Å²) in [5, 5.41) is 0. The molecule has 0 spiro atoms. The highest BCUT2D eigenvalue weighted by molar-refractivity contribution is 7.90. The molecule has 7 heteroatoms. The van der Waals surface area contributed by atoms with Gasteiger partial charge in [-0.1, -0.05) is 54.6 Å². The van der Waals surface area contributed by atoms with E-state index in [0.29, 0.717) is 11.3 Å². The van der Waals surface area contributed by atoms with Crippen molar-refractivity contribution in [2.45, 2.75) is 18.4 Å². The van der Waals surface area contributed by atoms with E-state index >= 15 is 0 Å². The van der Waals surface area contributed by atoms with E-state index in [9.17, 15) is 13.2 Å². The maximum Gasteiger partial charge on any atom is 0.340 e. The second-order valence-corrected chi connectivity index (χ2v) is 8.60. The first-order chi connectivity index (χ1) is 15.3. The number of rotatable bonds is 8. The molecule has 3 rings (SSSR count). The normalized spacial score (nSPS) is 11.6. The average molecular weight is 450 g/mol. The molecule has 0 aliphatic rings. The van der Waals surface area contributed by atoms with Gasteiger partial charge in [0, 0.05) is 5.56 Å². The van der Waals surface area contributed by atoms with Crippen LogP contribution < -0.4 is 4.74 Å². The fourth-order valence-electron chi connectivity index (χ4n) is 2.82. The Morgan fingerprint density at radius 3 is 2.16 bits per heavy atom. The van der Waals surface area contributed by atoms with Crippen molar-refractivity contribution in [2.24, 2.45) is 4.40 Å². The molecule has 0 aliphatic carbocycles. The first kappa shape index (κ1) is 23.0. The smallest absolute Gasteiger partial charge is 0.340 e. The number of sulfonamides is 1. The lowest BCUT2D eigenvalue weighted by Gasteiger charge is -2.11. The van der Waals surface area contributed by atoms with Crippen molar-refractivity contribution < 1.29 is 22.7 Å². The lowest BCUT2D eigenvalue weighted by Crippen LogP contribution is -2.18. The molecular weight excluding hydrogens is 426 g/mol. The van der Waals surface area contributed by atoms with Crippen molar-refractivity contribution in [3.63, 3.8) is 0 Å². The summed E-state index contributed by atoms with van der Waals surface area (Å²) in [6, 6.07) is 21.9. The molecule has 0 heterocycles. The first-order valence-corrected chi connectivity index (χ1v) is 11.2. The number of carbonyl (C=O) groups excluding carboxylic acids is 1. The van der Waals surface area contributed by atoms with E-state index in [1.807, 2.05) is 37.3 Å². The molecule has 0 aliphatic heterocycles. The number of hydrogen-bond acceptors (Lipinski definition) is 5. The Labute approximate surface area is 187 Å². The van der Waals surface area contributed by atoms with Gasteiger partial charge < -0.3 is 9.47 Å². The lowest BCUT2D eigenvalue weighted by atomic mass is 10.0. The van der Waals surface area contributed by atoms with Gasteiger partial charge in [-0.3, -0.25) is 0 Å². The number of benzene rings is 3. The summed E-state index contributed by atoms with van der Waals surface area (Å²) in [6.07, 6.45) is 0. The van der Waals surface area contributed by atoms with Crippen molar-refractivity contribution in [3.05, 3.63) is 108 Å². The summed E-state index contributed by atoms with van der Waals surface area (Å²) in [6.45, 7) is 5.66. The van der Waals surface area contributed by atoms with E-state index in [1.54, 1.807) is 36.4 Å². The van der Waals surface area contributed by atoms with Crippen molar-refractivity contribution in [1.29, 1.82) is 0 Å². The van der Waals surface area contributed by atoms with Crippen LogP contribution in [0.3, 0.4) is 0 Å². The molecule has 3 aromatic carbocycles. The van der Waals surface area contributed by atoms with Crippen molar-refractivity contribution >= 4 is 21.7 Å². The monoisotopic (exact) mass is 449 g/mol. The summed E-state index contributed by atoms with van der Waals surface area (Å²) in [7, 11) is -2.58. The summed E-state index contributed by atoms with van der Waals surface area (Å²) in [5.41, 5.74) is 1.84. The summed E-state index contributed by atoms with van der Waals surface area (Å²) >= 11 is 0. The summed E-state index contributed by atoms with van der Waals surface area (Å²) in [4.78, 5) is 12.7. The Balaban J connectivity index is 1.95. The van der Waals surface area contributed by atoms with Gasteiger partial charge in [0.2, 0.25) is 0 Å². The summed E-state index contributed by atoms with van der Waals surface area (Å²) in [5.74, 6) is -0.186. The van der Waals surface area contributed by atoms with Crippen molar-refractivity contribution in [3.8, 4) is 5.75 Å². The van der Waals surface area contributed by atoms with Gasteiger partial charge in [0.25, 0.3) is 10.0 Å². The molecule has 0 aromatic heterocycles. The minimum Gasteiger partial charge on any atom is -0.497 e. The van der Waals surface area contributed by atoms with Crippen LogP contribution in [0.1, 0.15) is 16.7 Å². The zero-order valence-electron chi connectivity index (χ0n) is 17.8. The number of esters is 1.